The van der Waals surface area contributed by atoms with Gasteiger partial charge < -0.3 is 23.6 Å². The van der Waals surface area contributed by atoms with E-state index in [1.807, 2.05) is 21.1 Å². The number of phosphoric acid groups is 1. The number of hydrogen-bond acceptors (Lipinski definition) is 8. The molecular formula is C50H91NO9P+. The first-order chi connectivity index (χ1) is 29.5. The van der Waals surface area contributed by atoms with Gasteiger partial charge in [-0.05, 0) is 77.0 Å². The highest BCUT2D eigenvalue weighted by Crippen LogP contribution is 2.43. The van der Waals surface area contributed by atoms with Crippen LogP contribution in [0.25, 0.3) is 0 Å². The number of rotatable bonds is 43. The molecule has 1 N–H and O–H groups in total. The summed E-state index contributed by atoms with van der Waals surface area (Å²) in [5.74, 6) is -0.875. The molecule has 3 unspecified atom stereocenters. The predicted octanol–water partition coefficient (Wildman–Crippen LogP) is 13.2. The van der Waals surface area contributed by atoms with Crippen molar-refractivity contribution in [3.63, 3.8) is 0 Å². The van der Waals surface area contributed by atoms with E-state index < -0.39 is 26.5 Å². The smallest absolute Gasteiger partial charge is 0.462 e. The Bertz CT molecular complexity index is 1240. The molecule has 61 heavy (non-hydrogen) atoms. The van der Waals surface area contributed by atoms with Crippen LogP contribution in [0.4, 0.5) is 0 Å². The predicted molar refractivity (Wildman–Crippen MR) is 251 cm³/mol. The molecule has 0 aromatic carbocycles. The number of esters is 2. The number of hydrogen-bond donors (Lipinski definition) is 1. The molecule has 0 radical (unpaired) electrons. The first-order valence-electron chi connectivity index (χ1n) is 24.5. The van der Waals surface area contributed by atoms with Crippen molar-refractivity contribution in [2.45, 2.75) is 212 Å². The lowest BCUT2D eigenvalue weighted by Gasteiger charge is -2.24. The van der Waals surface area contributed by atoms with Crippen LogP contribution in [0, 0.1) is 0 Å². The Balaban J connectivity index is 2.29. The molecule has 0 bridgehead atoms. The minimum atomic E-state index is -4.40. The molecular weight excluding hydrogens is 790 g/mol. The molecule has 0 saturated carbocycles. The van der Waals surface area contributed by atoms with Gasteiger partial charge in [-0.25, -0.2) is 4.57 Å². The Kier molecular flexibility index (Phi) is 35.8. The zero-order chi connectivity index (χ0) is 44.7. The standard InChI is InChI=1S/C50H90NO9P/c1-6-8-10-12-14-16-18-20-21-22-23-24-25-26-28-30-32-34-36-40-49(52)56-44-46(45-58-61(54,55)57-43-42-51(3,4)5)59-50(53)41-37-39-48-47(60-48)38-35-33-31-29-27-19-17-15-13-11-9-7-2/h15,17,20-21,27,29,33,35,46-48H,6-14,16,18-19,22-26,28,30-32,34,36-45H2,1-5H3/p+1/b17-15-,21-20-,29-27-,35-33-/t46-,47?,48?/m1/s1. The van der Waals surface area contributed by atoms with E-state index in [0.29, 0.717) is 17.4 Å². The number of unbranched alkanes of at least 4 members (excludes halogenated alkanes) is 18. The second-order valence-corrected chi connectivity index (χ2v) is 19.3. The number of likely N-dealkylation sites (N-methyl/N-ethyl adjacent to an activating group) is 1. The molecule has 1 saturated heterocycles. The van der Waals surface area contributed by atoms with Gasteiger partial charge in [-0.1, -0.05) is 152 Å². The Morgan fingerprint density at radius 3 is 1.70 bits per heavy atom. The van der Waals surface area contributed by atoms with Gasteiger partial charge in [0.1, 0.15) is 19.8 Å². The Labute approximate surface area is 373 Å². The maximum atomic E-state index is 12.8. The van der Waals surface area contributed by atoms with E-state index in [1.54, 1.807) is 0 Å². The van der Waals surface area contributed by atoms with E-state index in [2.05, 4.69) is 62.5 Å². The molecule has 0 aromatic heterocycles. The fourth-order valence-corrected chi connectivity index (χ4v) is 7.54. The van der Waals surface area contributed by atoms with Crippen LogP contribution in [-0.4, -0.2) is 87.1 Å². The monoisotopic (exact) mass is 881 g/mol. The fraction of sp³-hybridized carbons (Fsp3) is 0.800. The molecule has 1 fully saturated rings. The van der Waals surface area contributed by atoms with Gasteiger partial charge in [-0.2, -0.15) is 0 Å². The van der Waals surface area contributed by atoms with Gasteiger partial charge in [0.25, 0.3) is 0 Å². The molecule has 4 atom stereocenters. The second kappa shape index (κ2) is 38.4. The molecule has 0 spiro atoms. The Morgan fingerprint density at radius 2 is 1.10 bits per heavy atom. The second-order valence-electron chi connectivity index (χ2n) is 17.9. The fourth-order valence-electron chi connectivity index (χ4n) is 6.80. The minimum Gasteiger partial charge on any atom is -0.462 e. The largest absolute Gasteiger partial charge is 0.472 e. The van der Waals surface area contributed by atoms with Crippen molar-refractivity contribution in [2.75, 3.05) is 47.5 Å². The van der Waals surface area contributed by atoms with E-state index in [9.17, 15) is 19.0 Å². The SMILES string of the molecule is CCCCC/C=C\C/C=C\C/C=C\CC1OC1CCCC(=O)O[C@H](COC(=O)CCCCCCCCCCC/C=C\CCCCCCCC)COP(=O)(O)OCC[N+](C)(C)C. The minimum absolute atomic E-state index is 0.0160. The van der Waals surface area contributed by atoms with Crippen molar-refractivity contribution < 1.29 is 46.8 Å². The Hall–Kier alpha value is -2.07. The number of phosphoric ester groups is 1. The lowest BCUT2D eigenvalue weighted by Crippen LogP contribution is -2.37. The van der Waals surface area contributed by atoms with E-state index in [4.69, 9.17) is 23.3 Å². The number of epoxide rings is 1. The first-order valence-corrected chi connectivity index (χ1v) is 26.0. The van der Waals surface area contributed by atoms with Gasteiger partial charge in [-0.3, -0.25) is 18.6 Å². The zero-order valence-electron chi connectivity index (χ0n) is 39.6. The quantitative estimate of drug-likeness (QED) is 0.0159. The molecule has 1 aliphatic rings. The Morgan fingerprint density at radius 1 is 0.607 bits per heavy atom. The summed E-state index contributed by atoms with van der Waals surface area (Å²) >= 11 is 0. The van der Waals surface area contributed by atoms with E-state index in [1.165, 1.54) is 116 Å². The molecule has 1 rings (SSSR count). The molecule has 1 aliphatic heterocycles. The maximum Gasteiger partial charge on any atom is 0.472 e. The van der Waals surface area contributed by atoms with Crippen molar-refractivity contribution in [3.05, 3.63) is 48.6 Å². The van der Waals surface area contributed by atoms with Crippen molar-refractivity contribution >= 4 is 19.8 Å². The summed E-state index contributed by atoms with van der Waals surface area (Å²) in [7, 11) is 1.43. The van der Waals surface area contributed by atoms with Crippen molar-refractivity contribution in [1.82, 2.24) is 0 Å². The number of ether oxygens (including phenoxy) is 3. The van der Waals surface area contributed by atoms with Gasteiger partial charge in [0.05, 0.1) is 40.0 Å². The summed E-state index contributed by atoms with van der Waals surface area (Å²) in [5, 5.41) is 0. The summed E-state index contributed by atoms with van der Waals surface area (Å²) in [6.45, 7) is 4.31. The normalized spacial score (nSPS) is 17.2. The number of nitrogens with zero attached hydrogens (tertiary/aromatic N) is 1. The number of quaternary nitrogens is 1. The lowest BCUT2D eigenvalue weighted by molar-refractivity contribution is -0.870. The van der Waals surface area contributed by atoms with Gasteiger partial charge in [0.2, 0.25) is 0 Å². The zero-order valence-corrected chi connectivity index (χ0v) is 40.5. The lowest BCUT2D eigenvalue weighted by atomic mass is 10.1. The topological polar surface area (TPSA) is 121 Å². The average Bonchev–Trinajstić information content (AvgIpc) is 3.97. The molecule has 1 heterocycles. The van der Waals surface area contributed by atoms with Crippen LogP contribution in [0.15, 0.2) is 48.6 Å². The van der Waals surface area contributed by atoms with Crippen LogP contribution in [-0.2, 0) is 37.4 Å². The summed E-state index contributed by atoms with van der Waals surface area (Å²) in [6.07, 6.45) is 47.5. The molecule has 11 heteroatoms. The van der Waals surface area contributed by atoms with Crippen LogP contribution >= 0.6 is 7.82 Å². The van der Waals surface area contributed by atoms with E-state index >= 15 is 0 Å². The van der Waals surface area contributed by atoms with Crippen LogP contribution in [0.3, 0.4) is 0 Å². The molecule has 354 valence electrons. The third kappa shape index (κ3) is 39.3. The highest BCUT2D eigenvalue weighted by atomic mass is 31.2. The highest BCUT2D eigenvalue weighted by Gasteiger charge is 2.37. The molecule has 0 aliphatic carbocycles. The third-order valence-electron chi connectivity index (χ3n) is 10.8. The van der Waals surface area contributed by atoms with Gasteiger partial charge in [0.15, 0.2) is 6.10 Å². The number of allylic oxidation sites excluding steroid dienone is 7. The number of carbonyl (C=O) groups is 2. The summed E-state index contributed by atoms with van der Waals surface area (Å²) in [6, 6.07) is 0. The average molecular weight is 881 g/mol. The number of carbonyl (C=O) groups excluding carboxylic acids is 2. The van der Waals surface area contributed by atoms with Crippen LogP contribution < -0.4 is 0 Å². The van der Waals surface area contributed by atoms with Gasteiger partial charge >= 0.3 is 19.8 Å². The maximum absolute atomic E-state index is 12.8. The van der Waals surface area contributed by atoms with Crippen molar-refractivity contribution in [1.29, 1.82) is 0 Å². The highest BCUT2D eigenvalue weighted by molar-refractivity contribution is 7.47. The van der Waals surface area contributed by atoms with Crippen molar-refractivity contribution in [2.24, 2.45) is 0 Å². The molecule has 0 aromatic rings. The molecule has 0 amide bonds. The van der Waals surface area contributed by atoms with Gasteiger partial charge in [-0.15, -0.1) is 0 Å². The van der Waals surface area contributed by atoms with E-state index in [0.717, 1.165) is 44.9 Å². The molecule has 10 nitrogen and oxygen atoms in total. The van der Waals surface area contributed by atoms with Crippen LogP contribution in [0.2, 0.25) is 0 Å². The summed E-state index contributed by atoms with van der Waals surface area (Å²) in [4.78, 5) is 35.6. The summed E-state index contributed by atoms with van der Waals surface area (Å²) < 4.78 is 40.2. The van der Waals surface area contributed by atoms with Crippen LogP contribution in [0.5, 0.6) is 0 Å². The van der Waals surface area contributed by atoms with Gasteiger partial charge in [0, 0.05) is 12.8 Å². The van der Waals surface area contributed by atoms with Crippen molar-refractivity contribution in [3.8, 4) is 0 Å². The third-order valence-corrected chi connectivity index (χ3v) is 11.7. The summed E-state index contributed by atoms with van der Waals surface area (Å²) in [5.41, 5.74) is 0. The van der Waals surface area contributed by atoms with Crippen LogP contribution in [0.1, 0.15) is 194 Å². The first kappa shape index (κ1) is 56.9. The van der Waals surface area contributed by atoms with E-state index in [-0.39, 0.29) is 44.2 Å².